The highest BCUT2D eigenvalue weighted by Crippen LogP contribution is 2.50. The second-order valence-corrected chi connectivity index (χ2v) is 11.4. The predicted octanol–water partition coefficient (Wildman–Crippen LogP) is 5.02. The average molecular weight is 555 g/mol. The van der Waals surface area contributed by atoms with E-state index in [1.807, 2.05) is 25.1 Å². The van der Waals surface area contributed by atoms with Gasteiger partial charge in [-0.1, -0.05) is 27.7 Å². The van der Waals surface area contributed by atoms with Crippen molar-refractivity contribution in [2.24, 2.45) is 0 Å². The number of nitrogens with one attached hydrogen (secondary N) is 1. The number of thioether (sulfide) groups is 1. The van der Waals surface area contributed by atoms with Crippen LogP contribution in [0.4, 0.5) is 10.2 Å². The third-order valence-electron chi connectivity index (χ3n) is 6.46. The van der Waals surface area contributed by atoms with E-state index in [1.54, 1.807) is 31.0 Å². The molecule has 0 bridgehead atoms. The van der Waals surface area contributed by atoms with Gasteiger partial charge in [0.2, 0.25) is 11.8 Å². The summed E-state index contributed by atoms with van der Waals surface area (Å²) in [6, 6.07) is 11.5. The van der Waals surface area contributed by atoms with Crippen LogP contribution in [-0.4, -0.2) is 54.7 Å². The van der Waals surface area contributed by atoms with E-state index in [2.05, 4.69) is 26.1 Å². The van der Waals surface area contributed by atoms with Gasteiger partial charge in [0.05, 0.1) is 36.6 Å². The van der Waals surface area contributed by atoms with E-state index in [4.69, 9.17) is 14.6 Å². The molecule has 2 heterocycles. The van der Waals surface area contributed by atoms with Gasteiger partial charge in [0.25, 0.3) is 0 Å². The zero-order chi connectivity index (χ0) is 28.3. The first-order chi connectivity index (χ1) is 18.6. The molecule has 39 heavy (non-hydrogen) atoms. The number of ether oxygens (including phenoxy) is 2. The van der Waals surface area contributed by atoms with Crippen LogP contribution >= 0.6 is 11.8 Å². The normalized spacial score (nSPS) is 15.5. The molecule has 0 unspecified atom stereocenters. The lowest BCUT2D eigenvalue weighted by Gasteiger charge is -2.25. The number of anilines is 1. The molecule has 1 N–H and O–H groups in total. The Hall–Kier alpha value is -3.53. The summed E-state index contributed by atoms with van der Waals surface area (Å²) in [6.07, 6.45) is 0.778. The van der Waals surface area contributed by atoms with Crippen molar-refractivity contribution in [3.8, 4) is 17.2 Å². The van der Waals surface area contributed by atoms with Crippen LogP contribution in [0.5, 0.6) is 11.5 Å². The molecule has 0 fully saturated rings. The van der Waals surface area contributed by atoms with E-state index in [0.29, 0.717) is 29.5 Å². The lowest BCUT2D eigenvalue weighted by molar-refractivity contribution is -0.122. The maximum Gasteiger partial charge on any atom is 0.240 e. The molecular weight excluding hydrogens is 519 g/mol. The van der Waals surface area contributed by atoms with Crippen molar-refractivity contribution in [3.63, 3.8) is 0 Å². The molecule has 1 aromatic heterocycles. The summed E-state index contributed by atoms with van der Waals surface area (Å²) in [5.41, 5.74) is 2.55. The fourth-order valence-corrected chi connectivity index (χ4v) is 5.80. The molecule has 0 saturated carbocycles. The van der Waals surface area contributed by atoms with Gasteiger partial charge in [0.1, 0.15) is 29.7 Å². The number of methoxy groups -OCH3 is 2. The topological polar surface area (TPSA) is 85.7 Å². The highest BCUT2D eigenvalue weighted by atomic mass is 32.2. The highest BCUT2D eigenvalue weighted by Gasteiger charge is 2.40. The number of halogens is 1. The number of amides is 2. The quantitative estimate of drug-likeness (QED) is 0.421. The van der Waals surface area contributed by atoms with Gasteiger partial charge in [-0.3, -0.25) is 14.5 Å². The molecule has 4 rings (SSSR count). The number of carbonyl (C=O) groups is 2. The van der Waals surface area contributed by atoms with Gasteiger partial charge < -0.3 is 14.8 Å². The summed E-state index contributed by atoms with van der Waals surface area (Å²) in [5.74, 6) is 1.06. The molecule has 0 saturated heterocycles. The Bertz CT molecular complexity index is 1350. The van der Waals surface area contributed by atoms with E-state index in [9.17, 15) is 14.0 Å². The molecule has 2 aromatic carbocycles. The lowest BCUT2D eigenvalue weighted by Crippen LogP contribution is -2.42. The number of benzene rings is 2. The minimum Gasteiger partial charge on any atom is -0.497 e. The zero-order valence-electron chi connectivity index (χ0n) is 23.2. The average Bonchev–Trinajstić information content (AvgIpc) is 3.25. The van der Waals surface area contributed by atoms with E-state index in [1.165, 1.54) is 28.8 Å². The van der Waals surface area contributed by atoms with E-state index < -0.39 is 5.41 Å². The summed E-state index contributed by atoms with van der Waals surface area (Å²) < 4.78 is 26.8. The standard InChI is InChI=1S/C29H35FN4O4S/c1-7-14-31-23(35)16-33-24(36)17-39-26(21-15-20(37-5)12-13-22(21)38-6)25-27(29(2,3)4)32-34(28(25)33)19-10-8-18(30)9-11-19/h8-13,15,26H,7,14,16-17H2,1-6H3,(H,31,35)/t26-/m1/s1. The number of aromatic nitrogens is 2. The number of fused-ring (bicyclic) bond motifs is 1. The van der Waals surface area contributed by atoms with Crippen molar-refractivity contribution < 1.29 is 23.5 Å². The molecule has 1 aliphatic heterocycles. The second kappa shape index (κ2) is 11.7. The fraction of sp³-hybridized carbons (Fsp3) is 0.414. The summed E-state index contributed by atoms with van der Waals surface area (Å²) >= 11 is 1.45. The minimum atomic E-state index is -0.427. The van der Waals surface area contributed by atoms with Crippen LogP contribution in [0.25, 0.3) is 5.69 Å². The second-order valence-electron chi connectivity index (χ2n) is 10.4. The smallest absolute Gasteiger partial charge is 0.240 e. The van der Waals surface area contributed by atoms with Gasteiger partial charge in [-0.05, 0) is 48.9 Å². The molecule has 2 amide bonds. The molecule has 0 spiro atoms. The van der Waals surface area contributed by atoms with Crippen LogP contribution in [0.3, 0.4) is 0 Å². The molecule has 3 aromatic rings. The monoisotopic (exact) mass is 554 g/mol. The molecule has 1 aliphatic rings. The molecule has 0 aliphatic carbocycles. The van der Waals surface area contributed by atoms with Gasteiger partial charge in [-0.25, -0.2) is 9.07 Å². The Morgan fingerprint density at radius 3 is 2.49 bits per heavy atom. The largest absolute Gasteiger partial charge is 0.497 e. The highest BCUT2D eigenvalue weighted by molar-refractivity contribution is 8.00. The van der Waals surface area contributed by atoms with E-state index in [0.717, 1.165) is 23.2 Å². The van der Waals surface area contributed by atoms with Crippen molar-refractivity contribution in [2.45, 2.75) is 44.8 Å². The number of hydrogen-bond donors (Lipinski definition) is 1. The molecule has 208 valence electrons. The van der Waals surface area contributed by atoms with Crippen LogP contribution in [0.15, 0.2) is 42.5 Å². The van der Waals surface area contributed by atoms with Gasteiger partial charge in [0.15, 0.2) is 0 Å². The molecule has 1 atom stereocenters. The number of hydrogen-bond acceptors (Lipinski definition) is 6. The first-order valence-corrected chi connectivity index (χ1v) is 13.9. The predicted molar refractivity (Wildman–Crippen MR) is 152 cm³/mol. The number of carbonyl (C=O) groups excluding carboxylic acids is 2. The number of rotatable bonds is 8. The van der Waals surface area contributed by atoms with Crippen molar-refractivity contribution >= 4 is 29.4 Å². The van der Waals surface area contributed by atoms with Crippen LogP contribution in [-0.2, 0) is 15.0 Å². The van der Waals surface area contributed by atoms with Crippen LogP contribution in [0.2, 0.25) is 0 Å². The Kier molecular flexibility index (Phi) is 8.54. The van der Waals surface area contributed by atoms with Gasteiger partial charge >= 0.3 is 0 Å². The van der Waals surface area contributed by atoms with Crippen LogP contribution < -0.4 is 19.7 Å². The maximum atomic E-state index is 13.9. The zero-order valence-corrected chi connectivity index (χ0v) is 24.0. The Morgan fingerprint density at radius 1 is 1.15 bits per heavy atom. The van der Waals surface area contributed by atoms with Gasteiger partial charge in [-0.15, -0.1) is 11.8 Å². The number of nitrogens with zero attached hydrogens (tertiary/aromatic N) is 3. The SMILES string of the molecule is CCCNC(=O)CN1C(=O)CS[C@H](c2cc(OC)ccc2OC)c2c(C(C)(C)C)nn(-c3ccc(F)cc3)c21. The van der Waals surface area contributed by atoms with E-state index in [-0.39, 0.29) is 35.2 Å². The third kappa shape index (κ3) is 5.90. The third-order valence-corrected chi connectivity index (χ3v) is 7.70. The van der Waals surface area contributed by atoms with Crippen molar-refractivity contribution in [2.75, 3.05) is 38.0 Å². The molecular formula is C29H35FN4O4S. The first kappa shape index (κ1) is 28.5. The summed E-state index contributed by atoms with van der Waals surface area (Å²) in [4.78, 5) is 28.2. The summed E-state index contributed by atoms with van der Waals surface area (Å²) in [5, 5.41) is 7.53. The van der Waals surface area contributed by atoms with E-state index >= 15 is 0 Å². The van der Waals surface area contributed by atoms with Crippen molar-refractivity contribution in [1.29, 1.82) is 0 Å². The molecule has 0 radical (unpaired) electrons. The Labute approximate surface area is 232 Å². The molecule has 8 nitrogen and oxygen atoms in total. The summed E-state index contributed by atoms with van der Waals surface area (Å²) in [7, 11) is 3.21. The minimum absolute atomic E-state index is 0.133. The first-order valence-electron chi connectivity index (χ1n) is 12.9. The van der Waals surface area contributed by atoms with Crippen molar-refractivity contribution in [3.05, 3.63) is 65.1 Å². The van der Waals surface area contributed by atoms with Crippen molar-refractivity contribution in [1.82, 2.24) is 15.1 Å². The van der Waals surface area contributed by atoms with Crippen LogP contribution in [0, 0.1) is 5.82 Å². The molecule has 10 heteroatoms. The summed E-state index contributed by atoms with van der Waals surface area (Å²) in [6.45, 7) is 8.49. The van der Waals surface area contributed by atoms with Gasteiger partial charge in [0, 0.05) is 23.1 Å². The Balaban J connectivity index is 2.03. The Morgan fingerprint density at radius 2 is 1.87 bits per heavy atom. The maximum absolute atomic E-state index is 13.9. The van der Waals surface area contributed by atoms with Gasteiger partial charge in [-0.2, -0.15) is 5.10 Å². The van der Waals surface area contributed by atoms with Crippen LogP contribution in [0.1, 0.15) is 56.2 Å². The fourth-order valence-electron chi connectivity index (χ4n) is 4.59. The lowest BCUT2D eigenvalue weighted by atomic mass is 9.87.